The standard InChI is InChI=1S/C14H20ClNO/c1-11(2)16(8-7-15)10-13-9-12-5-3-4-6-14(12)17-13/h3-6,11,13H,7-10H2,1-2H3. The van der Waals surface area contributed by atoms with Gasteiger partial charge in [0.2, 0.25) is 0 Å². The lowest BCUT2D eigenvalue weighted by Gasteiger charge is -2.28. The highest BCUT2D eigenvalue weighted by molar-refractivity contribution is 6.18. The molecule has 3 heteroatoms. The van der Waals surface area contributed by atoms with Crippen molar-refractivity contribution >= 4 is 11.6 Å². The number of hydrogen-bond acceptors (Lipinski definition) is 2. The summed E-state index contributed by atoms with van der Waals surface area (Å²) in [6, 6.07) is 8.82. The summed E-state index contributed by atoms with van der Waals surface area (Å²) in [7, 11) is 0. The van der Waals surface area contributed by atoms with Crippen molar-refractivity contribution in [3.05, 3.63) is 29.8 Å². The van der Waals surface area contributed by atoms with Gasteiger partial charge in [0.25, 0.3) is 0 Å². The molecule has 0 fully saturated rings. The Labute approximate surface area is 109 Å². The van der Waals surface area contributed by atoms with Crippen LogP contribution in [-0.4, -0.2) is 36.0 Å². The van der Waals surface area contributed by atoms with Gasteiger partial charge < -0.3 is 4.74 Å². The van der Waals surface area contributed by atoms with Crippen molar-refractivity contribution in [1.29, 1.82) is 0 Å². The van der Waals surface area contributed by atoms with Crippen LogP contribution >= 0.6 is 11.6 Å². The first-order valence-corrected chi connectivity index (χ1v) is 6.78. The maximum Gasteiger partial charge on any atom is 0.123 e. The van der Waals surface area contributed by atoms with Gasteiger partial charge in [-0.15, -0.1) is 11.6 Å². The highest BCUT2D eigenvalue weighted by Gasteiger charge is 2.25. The molecular formula is C14H20ClNO. The Balaban J connectivity index is 1.94. The molecule has 0 amide bonds. The second kappa shape index (κ2) is 5.74. The second-order valence-corrected chi connectivity index (χ2v) is 5.21. The molecule has 0 saturated heterocycles. The number of fused-ring (bicyclic) bond motifs is 1. The number of alkyl halides is 1. The first kappa shape index (κ1) is 12.7. The van der Waals surface area contributed by atoms with Gasteiger partial charge in [-0.2, -0.15) is 0 Å². The number of rotatable bonds is 5. The van der Waals surface area contributed by atoms with Crippen LogP contribution in [0.25, 0.3) is 0 Å². The molecule has 0 radical (unpaired) electrons. The van der Waals surface area contributed by atoms with E-state index < -0.39 is 0 Å². The van der Waals surface area contributed by atoms with Crippen LogP contribution in [0.4, 0.5) is 0 Å². The van der Waals surface area contributed by atoms with Gasteiger partial charge in [0.05, 0.1) is 0 Å². The van der Waals surface area contributed by atoms with E-state index >= 15 is 0 Å². The minimum Gasteiger partial charge on any atom is -0.488 e. The van der Waals surface area contributed by atoms with Crippen LogP contribution in [0, 0.1) is 0 Å². The van der Waals surface area contributed by atoms with Crippen LogP contribution in [0.15, 0.2) is 24.3 Å². The van der Waals surface area contributed by atoms with E-state index in [4.69, 9.17) is 16.3 Å². The van der Waals surface area contributed by atoms with Gasteiger partial charge in [-0.25, -0.2) is 0 Å². The zero-order chi connectivity index (χ0) is 12.3. The number of hydrogen-bond donors (Lipinski definition) is 0. The van der Waals surface area contributed by atoms with Crippen molar-refractivity contribution in [3.63, 3.8) is 0 Å². The lowest BCUT2D eigenvalue weighted by Crippen LogP contribution is -2.40. The normalized spacial score (nSPS) is 18.5. The van der Waals surface area contributed by atoms with Crippen molar-refractivity contribution in [2.24, 2.45) is 0 Å². The van der Waals surface area contributed by atoms with Crippen molar-refractivity contribution in [1.82, 2.24) is 4.90 Å². The number of benzene rings is 1. The van der Waals surface area contributed by atoms with E-state index in [-0.39, 0.29) is 6.10 Å². The molecular weight excluding hydrogens is 234 g/mol. The molecule has 0 aliphatic carbocycles. The molecule has 0 aromatic heterocycles. The number of halogens is 1. The van der Waals surface area contributed by atoms with Crippen LogP contribution < -0.4 is 4.74 Å². The molecule has 1 aromatic rings. The molecule has 1 aliphatic rings. The zero-order valence-electron chi connectivity index (χ0n) is 10.5. The van der Waals surface area contributed by atoms with Gasteiger partial charge in [-0.1, -0.05) is 18.2 Å². The predicted octanol–water partition coefficient (Wildman–Crippen LogP) is 2.94. The molecule has 0 saturated carbocycles. The monoisotopic (exact) mass is 253 g/mol. The largest absolute Gasteiger partial charge is 0.488 e. The van der Waals surface area contributed by atoms with Gasteiger partial charge in [-0.3, -0.25) is 4.90 Å². The molecule has 2 nitrogen and oxygen atoms in total. The Morgan fingerprint density at radius 2 is 2.18 bits per heavy atom. The van der Waals surface area contributed by atoms with Crippen LogP contribution in [0.1, 0.15) is 19.4 Å². The molecule has 0 bridgehead atoms. The third-order valence-corrected chi connectivity index (χ3v) is 3.42. The summed E-state index contributed by atoms with van der Waals surface area (Å²) >= 11 is 5.83. The summed E-state index contributed by atoms with van der Waals surface area (Å²) in [6.07, 6.45) is 1.29. The molecule has 17 heavy (non-hydrogen) atoms. The highest BCUT2D eigenvalue weighted by atomic mass is 35.5. The van der Waals surface area contributed by atoms with Gasteiger partial charge in [-0.05, 0) is 25.5 Å². The molecule has 1 aromatic carbocycles. The Kier molecular flexibility index (Phi) is 4.30. The van der Waals surface area contributed by atoms with E-state index in [9.17, 15) is 0 Å². The molecule has 94 valence electrons. The summed E-state index contributed by atoms with van der Waals surface area (Å²) < 4.78 is 5.95. The first-order valence-electron chi connectivity index (χ1n) is 6.25. The third kappa shape index (κ3) is 3.14. The van der Waals surface area contributed by atoms with E-state index in [0.29, 0.717) is 11.9 Å². The van der Waals surface area contributed by atoms with Gasteiger partial charge >= 0.3 is 0 Å². The van der Waals surface area contributed by atoms with Crippen molar-refractivity contribution in [2.45, 2.75) is 32.4 Å². The average Bonchev–Trinajstić information content (AvgIpc) is 2.70. The van der Waals surface area contributed by atoms with Crippen LogP contribution in [0.5, 0.6) is 5.75 Å². The van der Waals surface area contributed by atoms with Crippen molar-refractivity contribution in [2.75, 3.05) is 19.0 Å². The SMILES string of the molecule is CC(C)N(CCCl)CC1Cc2ccccc2O1. The molecule has 1 unspecified atom stereocenters. The van der Waals surface area contributed by atoms with Crippen molar-refractivity contribution in [3.8, 4) is 5.75 Å². The van der Waals surface area contributed by atoms with Crippen LogP contribution in [-0.2, 0) is 6.42 Å². The van der Waals surface area contributed by atoms with Gasteiger partial charge in [0, 0.05) is 31.4 Å². The summed E-state index contributed by atoms with van der Waals surface area (Å²) in [5, 5.41) is 0. The van der Waals surface area contributed by atoms with Gasteiger partial charge in [0.1, 0.15) is 11.9 Å². The fourth-order valence-electron chi connectivity index (χ4n) is 2.29. The maximum absolute atomic E-state index is 5.95. The van der Waals surface area contributed by atoms with Crippen molar-refractivity contribution < 1.29 is 4.74 Å². The summed E-state index contributed by atoms with van der Waals surface area (Å²) in [5.41, 5.74) is 1.33. The lowest BCUT2D eigenvalue weighted by atomic mass is 10.1. The first-order chi connectivity index (χ1) is 8.20. The summed E-state index contributed by atoms with van der Waals surface area (Å²) in [6.45, 7) is 6.29. The van der Waals surface area contributed by atoms with E-state index in [2.05, 4.69) is 36.9 Å². The lowest BCUT2D eigenvalue weighted by molar-refractivity contribution is 0.133. The molecule has 1 atom stereocenters. The van der Waals surface area contributed by atoms with E-state index in [1.54, 1.807) is 0 Å². The molecule has 0 N–H and O–H groups in total. The van der Waals surface area contributed by atoms with E-state index in [0.717, 1.165) is 25.3 Å². The van der Waals surface area contributed by atoms with Gasteiger partial charge in [0.15, 0.2) is 0 Å². The fraction of sp³-hybridized carbons (Fsp3) is 0.571. The topological polar surface area (TPSA) is 12.5 Å². The highest BCUT2D eigenvalue weighted by Crippen LogP contribution is 2.28. The minimum atomic E-state index is 0.276. The quantitative estimate of drug-likeness (QED) is 0.749. The Bertz CT molecular complexity index is 342. The zero-order valence-corrected chi connectivity index (χ0v) is 11.3. The van der Waals surface area contributed by atoms with Crippen LogP contribution in [0.2, 0.25) is 0 Å². The number of ether oxygens (including phenoxy) is 1. The molecule has 1 heterocycles. The number of nitrogens with zero attached hydrogens (tertiary/aromatic N) is 1. The fourth-order valence-corrected chi connectivity index (χ4v) is 2.50. The third-order valence-electron chi connectivity index (χ3n) is 3.25. The van der Waals surface area contributed by atoms with E-state index in [1.165, 1.54) is 5.56 Å². The Morgan fingerprint density at radius 3 is 2.82 bits per heavy atom. The smallest absolute Gasteiger partial charge is 0.123 e. The number of para-hydroxylation sites is 1. The summed E-state index contributed by atoms with van der Waals surface area (Å²) in [5.74, 6) is 1.73. The average molecular weight is 254 g/mol. The minimum absolute atomic E-state index is 0.276. The molecule has 0 spiro atoms. The van der Waals surface area contributed by atoms with E-state index in [1.807, 2.05) is 6.07 Å². The predicted molar refractivity (Wildman–Crippen MR) is 72.0 cm³/mol. The second-order valence-electron chi connectivity index (χ2n) is 4.83. The Morgan fingerprint density at radius 1 is 1.41 bits per heavy atom. The summed E-state index contributed by atoms with van der Waals surface area (Å²) in [4.78, 5) is 2.38. The Hall–Kier alpha value is -0.730. The van der Waals surface area contributed by atoms with Crippen LogP contribution in [0.3, 0.4) is 0 Å². The molecule has 1 aliphatic heterocycles. The molecule has 2 rings (SSSR count). The maximum atomic E-state index is 5.95.